The Balaban J connectivity index is 4.18. The van der Waals surface area contributed by atoms with E-state index in [4.69, 9.17) is 9.05 Å². The van der Waals surface area contributed by atoms with Crippen LogP contribution in [0.5, 0.6) is 0 Å². The lowest BCUT2D eigenvalue weighted by Gasteiger charge is -2.25. The first-order chi connectivity index (χ1) is 45.0. The molecule has 0 radical (unpaired) electrons. The Morgan fingerprint density at radius 3 is 1.00 bits per heavy atom. The highest BCUT2D eigenvalue weighted by atomic mass is 31.2. The van der Waals surface area contributed by atoms with Gasteiger partial charge in [0.15, 0.2) is 0 Å². The summed E-state index contributed by atoms with van der Waals surface area (Å²) in [5.41, 5.74) is 0. The van der Waals surface area contributed by atoms with Gasteiger partial charge in [-0.2, -0.15) is 0 Å². The molecule has 526 valence electrons. The van der Waals surface area contributed by atoms with Crippen LogP contribution in [0.4, 0.5) is 0 Å². The summed E-state index contributed by atoms with van der Waals surface area (Å²) < 4.78 is 23.8. The maximum absolute atomic E-state index is 13.1. The molecule has 92 heavy (non-hydrogen) atoms. The minimum absolute atomic E-state index is 0.0440. The number of amides is 1. The third-order valence-electron chi connectivity index (χ3n) is 16.2. The monoisotopic (exact) mass is 1300 g/mol. The summed E-state index contributed by atoms with van der Waals surface area (Å²) >= 11 is 0. The first-order valence-electron chi connectivity index (χ1n) is 37.9. The minimum atomic E-state index is -4.38. The van der Waals surface area contributed by atoms with E-state index >= 15 is 0 Å². The van der Waals surface area contributed by atoms with E-state index in [1.54, 1.807) is 6.08 Å². The minimum Gasteiger partial charge on any atom is -0.387 e. The van der Waals surface area contributed by atoms with Crippen molar-refractivity contribution in [3.05, 3.63) is 158 Å². The zero-order valence-electron chi connectivity index (χ0n) is 60.2. The molecule has 3 N–H and O–H groups in total. The number of quaternary nitrogens is 1. The van der Waals surface area contributed by atoms with Crippen molar-refractivity contribution in [3.63, 3.8) is 0 Å². The maximum Gasteiger partial charge on any atom is 0.472 e. The fraction of sp³-hybridized carbons (Fsp3) is 0.675. The van der Waals surface area contributed by atoms with E-state index in [0.29, 0.717) is 17.4 Å². The van der Waals surface area contributed by atoms with Crippen LogP contribution in [-0.4, -0.2) is 73.4 Å². The average molecular weight is 1300 g/mol. The molecule has 1 amide bonds. The molecule has 0 spiro atoms. The zero-order chi connectivity index (χ0) is 66.9. The summed E-state index contributed by atoms with van der Waals surface area (Å²) in [4.78, 5) is 23.5. The number of likely N-dealkylation sites (N-methyl/N-ethyl adjacent to an activating group) is 1. The lowest BCUT2D eigenvalue weighted by Crippen LogP contribution is -2.45. The topological polar surface area (TPSA) is 105 Å². The van der Waals surface area contributed by atoms with Crippen molar-refractivity contribution in [2.24, 2.45) is 0 Å². The van der Waals surface area contributed by atoms with Crippen molar-refractivity contribution >= 4 is 13.7 Å². The predicted molar refractivity (Wildman–Crippen MR) is 405 cm³/mol. The summed E-state index contributed by atoms with van der Waals surface area (Å²) in [5.74, 6) is -0.203. The van der Waals surface area contributed by atoms with Gasteiger partial charge in [-0.25, -0.2) is 4.57 Å². The van der Waals surface area contributed by atoms with Crippen molar-refractivity contribution in [1.82, 2.24) is 5.32 Å². The number of hydrogen-bond donors (Lipinski definition) is 3. The van der Waals surface area contributed by atoms with Crippen LogP contribution in [0.2, 0.25) is 0 Å². The van der Waals surface area contributed by atoms with E-state index in [-0.39, 0.29) is 19.1 Å². The van der Waals surface area contributed by atoms with Crippen LogP contribution < -0.4 is 5.32 Å². The molecule has 0 saturated carbocycles. The molecule has 0 saturated heterocycles. The van der Waals surface area contributed by atoms with Crippen LogP contribution in [-0.2, 0) is 18.4 Å². The van der Waals surface area contributed by atoms with Gasteiger partial charge >= 0.3 is 7.82 Å². The number of unbranched alkanes of at least 4 members (excludes halogenated alkanes) is 31. The van der Waals surface area contributed by atoms with Crippen molar-refractivity contribution < 1.29 is 32.9 Å². The van der Waals surface area contributed by atoms with Gasteiger partial charge in [-0.1, -0.05) is 339 Å². The summed E-state index contributed by atoms with van der Waals surface area (Å²) in [6.45, 7) is 4.68. The molecule has 0 aliphatic carbocycles. The first kappa shape index (κ1) is 88.1. The molecule has 3 atom stereocenters. The number of nitrogens with one attached hydrogen (secondary N) is 1. The van der Waals surface area contributed by atoms with Crippen molar-refractivity contribution in [2.45, 2.75) is 321 Å². The second kappa shape index (κ2) is 71.4. The van der Waals surface area contributed by atoms with Gasteiger partial charge in [0.2, 0.25) is 5.91 Å². The Kier molecular flexibility index (Phi) is 68.4. The van der Waals surface area contributed by atoms with Gasteiger partial charge in [0.05, 0.1) is 39.9 Å². The Bertz CT molecular complexity index is 2060. The largest absolute Gasteiger partial charge is 0.472 e. The summed E-state index contributed by atoms with van der Waals surface area (Å²) in [5, 5.41) is 14.0. The third kappa shape index (κ3) is 73.5. The number of nitrogens with zero attached hydrogens (tertiary/aromatic N) is 1. The van der Waals surface area contributed by atoms with Crippen molar-refractivity contribution in [2.75, 3.05) is 40.9 Å². The molecule has 0 bridgehead atoms. The smallest absolute Gasteiger partial charge is 0.387 e. The lowest BCUT2D eigenvalue weighted by atomic mass is 10.0. The van der Waals surface area contributed by atoms with E-state index in [1.807, 2.05) is 27.2 Å². The molecule has 0 heterocycles. The number of carbonyl (C=O) groups is 1. The first-order valence-corrected chi connectivity index (χ1v) is 39.4. The van der Waals surface area contributed by atoms with Crippen LogP contribution in [0, 0.1) is 0 Å². The van der Waals surface area contributed by atoms with Crippen molar-refractivity contribution in [1.29, 1.82) is 0 Å². The highest BCUT2D eigenvalue weighted by molar-refractivity contribution is 7.47. The molecule has 0 aliphatic heterocycles. The molecule has 9 heteroatoms. The van der Waals surface area contributed by atoms with Gasteiger partial charge in [-0.15, -0.1) is 0 Å². The predicted octanol–water partition coefficient (Wildman–Crippen LogP) is 24.9. The number of hydrogen-bond acceptors (Lipinski definition) is 5. The molecule has 0 rings (SSSR count). The third-order valence-corrected chi connectivity index (χ3v) is 17.2. The van der Waals surface area contributed by atoms with E-state index in [0.717, 1.165) is 122 Å². The highest BCUT2D eigenvalue weighted by Crippen LogP contribution is 2.43. The van der Waals surface area contributed by atoms with Crippen molar-refractivity contribution in [3.8, 4) is 0 Å². The molecule has 0 aromatic carbocycles. The number of phosphoric acid groups is 1. The second-order valence-electron chi connectivity index (χ2n) is 26.3. The van der Waals surface area contributed by atoms with Crippen LogP contribution in [0.25, 0.3) is 0 Å². The average Bonchev–Trinajstić information content (AvgIpc) is 2.63. The molecule has 0 aromatic rings. The van der Waals surface area contributed by atoms with Gasteiger partial charge in [0, 0.05) is 6.42 Å². The van der Waals surface area contributed by atoms with Crippen LogP contribution in [0.15, 0.2) is 158 Å². The van der Waals surface area contributed by atoms with Gasteiger partial charge in [-0.05, 0) is 122 Å². The van der Waals surface area contributed by atoms with Gasteiger partial charge < -0.3 is 19.8 Å². The quantitative estimate of drug-likeness (QED) is 0.0243. The number of phosphoric ester groups is 1. The van der Waals surface area contributed by atoms with Crippen LogP contribution >= 0.6 is 7.82 Å². The van der Waals surface area contributed by atoms with E-state index in [9.17, 15) is 19.4 Å². The number of rotatable bonds is 68. The van der Waals surface area contributed by atoms with Crippen LogP contribution in [0.1, 0.15) is 309 Å². The summed E-state index contributed by atoms with van der Waals surface area (Å²) in [6, 6.07) is -0.888. The van der Waals surface area contributed by atoms with E-state index < -0.39 is 20.0 Å². The molecule has 0 fully saturated rings. The normalized spacial score (nSPS) is 14.5. The standard InChI is InChI=1S/C83H143N2O6P/c1-6-8-10-12-14-16-18-20-22-24-26-28-30-32-34-36-38-39-40-41-42-43-44-45-47-49-51-53-55-57-59-61-63-65-67-69-71-73-75-77-83(87)84-81(80-91-92(88,89)90-79-78-85(3,4)5)82(86)76-74-72-70-68-66-64-62-60-58-56-54-52-50-48-46-37-35-33-31-29-27-25-23-21-19-17-15-13-11-9-7-2/h8,10,14,16,20,22,26,28,32,34,38-39,41-42,44-45,49,51,55,57-58,60,66,68,74,76,81-82,86H,6-7,9,11-13,15,17-19,21,23-25,27,29-31,33,35-37,40,43,46-48,50,52-54,56,59,61-65,67,69-73,75,77-80H2,1-5H3,(H-,84,87,88,89)/p+1/b10-8-,16-14-,22-20-,28-26-,34-32-,39-38-,42-41-,45-44-,51-49-,57-55-,60-58+,68-66+,76-74+. The maximum atomic E-state index is 13.1. The molecule has 8 nitrogen and oxygen atoms in total. The SMILES string of the molecule is CC/C=C\C/C=C\C/C=C\C/C=C\C/C=C\C/C=C\C/C=C\C/C=C\C/C=C\C/C=C\CCCCCCCCCCC(=O)NC(COP(=O)(O)OCC[N+](C)(C)C)C(O)/C=C/CC/C=C/CC/C=C/CCCCCCCCCCCCCCCCCCCCCCC. The zero-order valence-corrected chi connectivity index (χ0v) is 61.1. The van der Waals surface area contributed by atoms with E-state index in [2.05, 4.69) is 165 Å². The molecular weight excluding hydrogens is 1150 g/mol. The Labute approximate surface area is 569 Å². The second-order valence-corrected chi connectivity index (χ2v) is 27.7. The lowest BCUT2D eigenvalue weighted by molar-refractivity contribution is -0.870. The van der Waals surface area contributed by atoms with Gasteiger partial charge in [0.25, 0.3) is 0 Å². The van der Waals surface area contributed by atoms with Gasteiger partial charge in [-0.3, -0.25) is 13.8 Å². The van der Waals surface area contributed by atoms with Gasteiger partial charge in [0.1, 0.15) is 13.2 Å². The molecular formula is C83H144N2O6P+. The number of allylic oxidation sites excluding steroid dienone is 25. The molecule has 0 aliphatic rings. The Morgan fingerprint density at radius 1 is 0.380 bits per heavy atom. The van der Waals surface area contributed by atoms with E-state index in [1.165, 1.54) is 167 Å². The Morgan fingerprint density at radius 2 is 0.663 bits per heavy atom. The molecule has 0 aromatic heterocycles. The summed E-state index contributed by atoms with van der Waals surface area (Å²) in [7, 11) is 1.53. The fourth-order valence-electron chi connectivity index (χ4n) is 10.4. The molecule has 3 unspecified atom stereocenters. The summed E-state index contributed by atoms with van der Waals surface area (Å²) in [6.07, 6.45) is 111. The number of aliphatic hydroxyl groups is 1. The van der Waals surface area contributed by atoms with Crippen LogP contribution in [0.3, 0.4) is 0 Å². The Hall–Kier alpha value is -3.88. The number of carbonyl (C=O) groups excluding carboxylic acids is 1. The fourth-order valence-corrected chi connectivity index (χ4v) is 11.1. The highest BCUT2D eigenvalue weighted by Gasteiger charge is 2.28. The number of aliphatic hydroxyl groups excluding tert-OH is 1.